The zero-order valence-electron chi connectivity index (χ0n) is 12.0. The third-order valence-corrected chi connectivity index (χ3v) is 3.99. The number of nitrogens with zero attached hydrogens (tertiary/aromatic N) is 2. The van der Waals surface area contributed by atoms with Gasteiger partial charge in [-0.15, -0.1) is 0 Å². The molecule has 1 heterocycles. The van der Waals surface area contributed by atoms with Gasteiger partial charge in [0.2, 0.25) is 0 Å². The first-order valence-corrected chi connectivity index (χ1v) is 7.30. The van der Waals surface area contributed by atoms with Crippen LogP contribution >= 0.6 is 0 Å². The third kappa shape index (κ3) is 2.86. The minimum atomic E-state index is -0.849. The molecule has 6 heteroatoms. The van der Waals surface area contributed by atoms with Crippen LogP contribution in [0.1, 0.15) is 29.8 Å². The molecular formula is C16H17N3O3. The number of para-hydroxylation sites is 1. The summed E-state index contributed by atoms with van der Waals surface area (Å²) >= 11 is 0. The lowest BCUT2D eigenvalue weighted by Crippen LogP contribution is -2.40. The van der Waals surface area contributed by atoms with Crippen LogP contribution in [0.4, 0.5) is 0 Å². The average molecular weight is 299 g/mol. The fourth-order valence-corrected chi connectivity index (χ4v) is 2.84. The molecule has 0 aliphatic heterocycles. The van der Waals surface area contributed by atoms with Gasteiger partial charge in [-0.1, -0.05) is 24.6 Å². The van der Waals surface area contributed by atoms with Crippen molar-refractivity contribution >= 4 is 11.9 Å². The average Bonchev–Trinajstić information content (AvgIpc) is 3.17. The summed E-state index contributed by atoms with van der Waals surface area (Å²) in [4.78, 5) is 23.4. The van der Waals surface area contributed by atoms with Gasteiger partial charge in [-0.25, -0.2) is 4.68 Å². The second-order valence-corrected chi connectivity index (χ2v) is 5.44. The van der Waals surface area contributed by atoms with Crippen molar-refractivity contribution < 1.29 is 14.7 Å². The number of carboxylic acid groups (broad SMARTS) is 1. The highest BCUT2D eigenvalue weighted by atomic mass is 16.4. The monoisotopic (exact) mass is 299 g/mol. The number of benzene rings is 1. The van der Waals surface area contributed by atoms with E-state index < -0.39 is 11.9 Å². The third-order valence-electron chi connectivity index (χ3n) is 3.99. The summed E-state index contributed by atoms with van der Waals surface area (Å²) in [5.74, 6) is -1.68. The Morgan fingerprint density at radius 3 is 2.68 bits per heavy atom. The molecule has 0 saturated heterocycles. The van der Waals surface area contributed by atoms with E-state index >= 15 is 0 Å². The molecule has 1 aromatic heterocycles. The predicted octanol–water partition coefficient (Wildman–Crippen LogP) is 1.86. The zero-order chi connectivity index (χ0) is 15.5. The molecule has 1 aliphatic rings. The van der Waals surface area contributed by atoms with Gasteiger partial charge in [-0.3, -0.25) is 9.59 Å². The second-order valence-electron chi connectivity index (χ2n) is 5.44. The van der Waals surface area contributed by atoms with Gasteiger partial charge >= 0.3 is 5.97 Å². The molecule has 1 fully saturated rings. The van der Waals surface area contributed by atoms with Crippen molar-refractivity contribution in [1.29, 1.82) is 0 Å². The molecule has 1 amide bonds. The molecule has 1 aliphatic carbocycles. The van der Waals surface area contributed by atoms with Crippen LogP contribution in [0.25, 0.3) is 5.69 Å². The Labute approximate surface area is 127 Å². The SMILES string of the molecule is O=C(N[C@H]1CCC[C@H]1C(=O)O)c1ccn(-c2ccccc2)n1. The number of carbonyl (C=O) groups is 2. The van der Waals surface area contributed by atoms with Gasteiger partial charge in [-0.05, 0) is 31.0 Å². The summed E-state index contributed by atoms with van der Waals surface area (Å²) in [5, 5.41) is 16.2. The summed E-state index contributed by atoms with van der Waals surface area (Å²) in [6.07, 6.45) is 3.84. The molecule has 0 unspecified atom stereocenters. The molecule has 1 saturated carbocycles. The van der Waals surface area contributed by atoms with Crippen LogP contribution in [0.3, 0.4) is 0 Å². The molecule has 22 heavy (non-hydrogen) atoms. The van der Waals surface area contributed by atoms with Gasteiger partial charge in [0.1, 0.15) is 0 Å². The maximum Gasteiger partial charge on any atom is 0.308 e. The van der Waals surface area contributed by atoms with E-state index in [2.05, 4.69) is 10.4 Å². The van der Waals surface area contributed by atoms with Crippen molar-refractivity contribution in [2.24, 2.45) is 5.92 Å². The van der Waals surface area contributed by atoms with E-state index in [-0.39, 0.29) is 11.9 Å². The lowest BCUT2D eigenvalue weighted by atomic mass is 10.0. The summed E-state index contributed by atoms with van der Waals surface area (Å²) < 4.78 is 1.62. The van der Waals surface area contributed by atoms with Gasteiger partial charge in [0, 0.05) is 12.2 Å². The molecule has 2 N–H and O–H groups in total. The van der Waals surface area contributed by atoms with Gasteiger partial charge in [-0.2, -0.15) is 5.10 Å². The van der Waals surface area contributed by atoms with E-state index in [9.17, 15) is 9.59 Å². The smallest absolute Gasteiger partial charge is 0.308 e. The molecular weight excluding hydrogens is 282 g/mol. The first kappa shape index (κ1) is 14.3. The molecule has 2 atom stereocenters. The van der Waals surface area contributed by atoms with Gasteiger partial charge < -0.3 is 10.4 Å². The van der Waals surface area contributed by atoms with E-state index in [0.717, 1.165) is 12.1 Å². The van der Waals surface area contributed by atoms with Gasteiger partial charge in [0.05, 0.1) is 11.6 Å². The highest BCUT2D eigenvalue weighted by Gasteiger charge is 2.34. The fraction of sp³-hybridized carbons (Fsp3) is 0.312. The number of hydrogen-bond donors (Lipinski definition) is 2. The lowest BCUT2D eigenvalue weighted by Gasteiger charge is -2.16. The van der Waals surface area contributed by atoms with E-state index in [1.54, 1.807) is 16.9 Å². The standard InChI is InChI=1S/C16H17N3O3/c20-15(17-13-8-4-7-12(13)16(21)22)14-9-10-19(18-14)11-5-2-1-3-6-11/h1-3,5-6,9-10,12-13H,4,7-8H2,(H,17,20)(H,21,22)/t12-,13+/m1/s1. The van der Waals surface area contributed by atoms with E-state index in [0.29, 0.717) is 18.5 Å². The molecule has 114 valence electrons. The molecule has 3 rings (SSSR count). The highest BCUT2D eigenvalue weighted by molar-refractivity contribution is 5.92. The van der Waals surface area contributed by atoms with Crippen molar-refractivity contribution in [2.45, 2.75) is 25.3 Å². The molecule has 2 aromatic rings. The minimum Gasteiger partial charge on any atom is -0.481 e. The van der Waals surface area contributed by atoms with Gasteiger partial charge in [0.25, 0.3) is 5.91 Å². The topological polar surface area (TPSA) is 84.2 Å². The number of carboxylic acids is 1. The van der Waals surface area contributed by atoms with Crippen LogP contribution in [-0.4, -0.2) is 32.8 Å². The summed E-state index contributed by atoms with van der Waals surface area (Å²) in [6.45, 7) is 0. The number of amides is 1. The normalized spacial score (nSPS) is 20.7. The molecule has 6 nitrogen and oxygen atoms in total. The Kier molecular flexibility index (Phi) is 3.91. The number of aromatic nitrogens is 2. The number of aliphatic carboxylic acids is 1. The predicted molar refractivity (Wildman–Crippen MR) is 79.8 cm³/mol. The van der Waals surface area contributed by atoms with E-state index in [4.69, 9.17) is 5.11 Å². The maximum absolute atomic E-state index is 12.2. The van der Waals surface area contributed by atoms with Crippen LogP contribution in [0, 0.1) is 5.92 Å². The van der Waals surface area contributed by atoms with Crippen molar-refractivity contribution in [3.8, 4) is 5.69 Å². The van der Waals surface area contributed by atoms with E-state index in [1.807, 2.05) is 30.3 Å². The highest BCUT2D eigenvalue weighted by Crippen LogP contribution is 2.26. The Hall–Kier alpha value is -2.63. The van der Waals surface area contributed by atoms with Crippen LogP contribution in [0.2, 0.25) is 0 Å². The number of hydrogen-bond acceptors (Lipinski definition) is 3. The molecule has 1 aromatic carbocycles. The first-order valence-electron chi connectivity index (χ1n) is 7.30. The molecule has 0 radical (unpaired) electrons. The van der Waals surface area contributed by atoms with Crippen LogP contribution in [-0.2, 0) is 4.79 Å². The second kappa shape index (κ2) is 6.01. The zero-order valence-corrected chi connectivity index (χ0v) is 12.0. The fourth-order valence-electron chi connectivity index (χ4n) is 2.84. The molecule has 0 bridgehead atoms. The van der Waals surface area contributed by atoms with Gasteiger partial charge in [0.15, 0.2) is 5.69 Å². The minimum absolute atomic E-state index is 0.292. The Morgan fingerprint density at radius 1 is 1.18 bits per heavy atom. The summed E-state index contributed by atoms with van der Waals surface area (Å²) in [6, 6.07) is 10.8. The number of nitrogens with one attached hydrogen (secondary N) is 1. The van der Waals surface area contributed by atoms with Crippen molar-refractivity contribution in [3.05, 3.63) is 48.3 Å². The Morgan fingerprint density at radius 2 is 1.95 bits per heavy atom. The van der Waals surface area contributed by atoms with E-state index in [1.165, 1.54) is 0 Å². The van der Waals surface area contributed by atoms with Crippen molar-refractivity contribution in [1.82, 2.24) is 15.1 Å². The van der Waals surface area contributed by atoms with Crippen LogP contribution in [0.5, 0.6) is 0 Å². The Balaban J connectivity index is 1.71. The van der Waals surface area contributed by atoms with Crippen molar-refractivity contribution in [3.63, 3.8) is 0 Å². The van der Waals surface area contributed by atoms with Crippen molar-refractivity contribution in [2.75, 3.05) is 0 Å². The Bertz CT molecular complexity index is 681. The summed E-state index contributed by atoms with van der Waals surface area (Å²) in [5.41, 5.74) is 1.16. The summed E-state index contributed by atoms with van der Waals surface area (Å²) in [7, 11) is 0. The number of carbonyl (C=O) groups excluding carboxylic acids is 1. The first-order chi connectivity index (χ1) is 10.6. The maximum atomic E-state index is 12.2. The quantitative estimate of drug-likeness (QED) is 0.902. The lowest BCUT2D eigenvalue weighted by molar-refractivity contribution is -0.142. The van der Waals surface area contributed by atoms with Crippen LogP contribution < -0.4 is 5.32 Å². The number of rotatable bonds is 4. The largest absolute Gasteiger partial charge is 0.481 e. The molecule has 0 spiro atoms. The van der Waals surface area contributed by atoms with Crippen LogP contribution in [0.15, 0.2) is 42.6 Å².